The van der Waals surface area contributed by atoms with Crippen molar-refractivity contribution in [3.63, 3.8) is 0 Å². The number of hydrogen-bond donors (Lipinski definition) is 2. The Hall–Kier alpha value is -1.21. The molecule has 1 rings (SSSR count). The minimum atomic E-state index is -0.291. The van der Waals surface area contributed by atoms with Crippen molar-refractivity contribution in [2.75, 3.05) is 19.0 Å². The average Bonchev–Trinajstić information content (AvgIpc) is 2.66. The third-order valence-corrected chi connectivity index (χ3v) is 3.09. The van der Waals surface area contributed by atoms with Crippen LogP contribution in [0.25, 0.3) is 0 Å². The Kier molecular flexibility index (Phi) is 5.30. The molecule has 0 fully saturated rings. The van der Waals surface area contributed by atoms with E-state index < -0.39 is 0 Å². The maximum absolute atomic E-state index is 11.5. The topological polar surface area (TPSA) is 76.1 Å². The fourth-order valence-corrected chi connectivity index (χ4v) is 1.91. The summed E-state index contributed by atoms with van der Waals surface area (Å²) in [4.78, 5) is 11.5. The van der Waals surface area contributed by atoms with Crippen LogP contribution in [0.15, 0.2) is 0 Å². The molecule has 96 valence electrons. The van der Waals surface area contributed by atoms with E-state index in [0.29, 0.717) is 17.7 Å². The molecule has 1 atom stereocenters. The predicted octanol–water partition coefficient (Wildman–Crippen LogP) is 1.82. The average molecular weight is 258 g/mol. The lowest BCUT2D eigenvalue weighted by Gasteiger charge is -2.12. The van der Waals surface area contributed by atoms with Gasteiger partial charge in [0.25, 0.3) is 0 Å². The van der Waals surface area contributed by atoms with Crippen LogP contribution in [0.1, 0.15) is 31.7 Å². The van der Waals surface area contributed by atoms with Crippen molar-refractivity contribution in [2.45, 2.75) is 32.7 Å². The van der Waals surface area contributed by atoms with E-state index in [4.69, 9.17) is 4.74 Å². The molecule has 0 saturated carbocycles. The van der Waals surface area contributed by atoms with Gasteiger partial charge in [0.2, 0.25) is 5.13 Å². The van der Waals surface area contributed by atoms with Gasteiger partial charge in [0.1, 0.15) is 5.01 Å². The fourth-order valence-electron chi connectivity index (χ4n) is 1.17. The molecule has 2 amide bonds. The highest BCUT2D eigenvalue weighted by Crippen LogP contribution is 2.22. The molecular formula is C10H18N4O2S. The summed E-state index contributed by atoms with van der Waals surface area (Å²) < 4.78 is 4.92. The van der Waals surface area contributed by atoms with Gasteiger partial charge in [0.15, 0.2) is 0 Å². The van der Waals surface area contributed by atoms with Crippen LogP contribution in [0.4, 0.5) is 9.93 Å². The van der Waals surface area contributed by atoms with E-state index in [1.807, 2.05) is 20.8 Å². The number of aromatic nitrogens is 2. The Morgan fingerprint density at radius 1 is 1.41 bits per heavy atom. The van der Waals surface area contributed by atoms with E-state index in [-0.39, 0.29) is 12.1 Å². The Morgan fingerprint density at radius 2 is 2.12 bits per heavy atom. The molecule has 0 aromatic carbocycles. The first-order valence-corrected chi connectivity index (χ1v) is 6.24. The molecular weight excluding hydrogens is 240 g/mol. The van der Waals surface area contributed by atoms with Gasteiger partial charge < -0.3 is 10.1 Å². The third kappa shape index (κ3) is 4.66. The van der Waals surface area contributed by atoms with E-state index in [2.05, 4.69) is 20.8 Å². The molecule has 0 unspecified atom stereocenters. The highest BCUT2D eigenvalue weighted by atomic mass is 32.1. The highest BCUT2D eigenvalue weighted by molar-refractivity contribution is 7.15. The van der Waals surface area contributed by atoms with Gasteiger partial charge in [-0.1, -0.05) is 25.2 Å². The Balaban J connectivity index is 2.44. The molecule has 0 saturated heterocycles. The number of nitrogens with zero attached hydrogens (tertiary/aromatic N) is 2. The molecule has 0 bridgehead atoms. The maximum atomic E-state index is 11.5. The van der Waals surface area contributed by atoms with Gasteiger partial charge in [-0.05, 0) is 6.92 Å². The molecule has 0 aliphatic carbocycles. The first-order valence-electron chi connectivity index (χ1n) is 5.42. The number of nitrogens with one attached hydrogen (secondary N) is 2. The zero-order valence-electron chi connectivity index (χ0n) is 10.5. The van der Waals surface area contributed by atoms with Gasteiger partial charge in [0.05, 0.1) is 12.6 Å². The van der Waals surface area contributed by atoms with Crippen LogP contribution in [0.3, 0.4) is 0 Å². The van der Waals surface area contributed by atoms with E-state index >= 15 is 0 Å². The highest BCUT2D eigenvalue weighted by Gasteiger charge is 2.11. The number of carbonyl (C=O) groups excluding carboxylic acids is 1. The van der Waals surface area contributed by atoms with Crippen molar-refractivity contribution >= 4 is 22.5 Å². The number of urea groups is 1. The van der Waals surface area contributed by atoms with Crippen molar-refractivity contribution in [1.29, 1.82) is 0 Å². The quantitative estimate of drug-likeness (QED) is 0.844. The lowest BCUT2D eigenvalue weighted by Crippen LogP contribution is -2.38. The van der Waals surface area contributed by atoms with Gasteiger partial charge in [-0.3, -0.25) is 5.32 Å². The number of amides is 2. The van der Waals surface area contributed by atoms with E-state index in [0.717, 1.165) is 5.01 Å². The molecule has 7 heteroatoms. The standard InChI is InChI=1S/C10H18N4O2S/c1-6(2)8-13-14-10(17-8)12-9(15)11-7(3)5-16-4/h6-7H,5H2,1-4H3,(H2,11,12,14,15)/t7-/m1/s1. The van der Waals surface area contributed by atoms with Crippen LogP contribution in [0.2, 0.25) is 0 Å². The van der Waals surface area contributed by atoms with Crippen molar-refractivity contribution < 1.29 is 9.53 Å². The maximum Gasteiger partial charge on any atom is 0.321 e. The minimum Gasteiger partial charge on any atom is -0.383 e. The molecule has 0 radical (unpaired) electrons. The van der Waals surface area contributed by atoms with Crippen molar-refractivity contribution in [1.82, 2.24) is 15.5 Å². The molecule has 1 aromatic heterocycles. The fraction of sp³-hybridized carbons (Fsp3) is 0.700. The Morgan fingerprint density at radius 3 is 2.65 bits per heavy atom. The minimum absolute atomic E-state index is 0.0440. The summed E-state index contributed by atoms with van der Waals surface area (Å²) in [5.74, 6) is 0.318. The number of ether oxygens (including phenoxy) is 1. The normalized spacial score (nSPS) is 12.5. The summed E-state index contributed by atoms with van der Waals surface area (Å²) in [6.45, 7) is 6.40. The second kappa shape index (κ2) is 6.51. The monoisotopic (exact) mass is 258 g/mol. The van der Waals surface area contributed by atoms with Gasteiger partial charge in [0, 0.05) is 13.0 Å². The summed E-state index contributed by atoms with van der Waals surface area (Å²) in [5, 5.41) is 14.7. The lowest BCUT2D eigenvalue weighted by atomic mass is 10.2. The molecule has 1 heterocycles. The van der Waals surface area contributed by atoms with E-state index in [1.54, 1.807) is 7.11 Å². The van der Waals surface area contributed by atoms with Crippen molar-refractivity contribution in [2.24, 2.45) is 0 Å². The number of hydrogen-bond acceptors (Lipinski definition) is 5. The molecule has 6 nitrogen and oxygen atoms in total. The zero-order chi connectivity index (χ0) is 12.8. The SMILES string of the molecule is COC[C@@H](C)NC(=O)Nc1nnc(C(C)C)s1. The van der Waals surface area contributed by atoms with Gasteiger partial charge in [-0.25, -0.2) is 4.79 Å². The summed E-state index contributed by atoms with van der Waals surface area (Å²) >= 11 is 1.38. The predicted molar refractivity (Wildman–Crippen MR) is 67.5 cm³/mol. The van der Waals surface area contributed by atoms with Gasteiger partial charge in [-0.15, -0.1) is 10.2 Å². The second-order valence-corrected chi connectivity index (χ2v) is 5.06. The third-order valence-electron chi connectivity index (χ3n) is 1.95. The van der Waals surface area contributed by atoms with E-state index in [9.17, 15) is 4.79 Å². The van der Waals surface area contributed by atoms with Crippen LogP contribution in [-0.2, 0) is 4.74 Å². The van der Waals surface area contributed by atoms with Crippen LogP contribution in [0.5, 0.6) is 0 Å². The number of carbonyl (C=O) groups is 1. The van der Waals surface area contributed by atoms with Crippen LogP contribution in [0, 0.1) is 0 Å². The van der Waals surface area contributed by atoms with Crippen LogP contribution in [-0.4, -0.2) is 36.0 Å². The smallest absolute Gasteiger partial charge is 0.321 e. The van der Waals surface area contributed by atoms with Crippen LogP contribution >= 0.6 is 11.3 Å². The summed E-state index contributed by atoms with van der Waals surface area (Å²) in [5.41, 5.74) is 0. The summed E-state index contributed by atoms with van der Waals surface area (Å²) in [6, 6.07) is -0.335. The Labute approximate surface area is 105 Å². The van der Waals surface area contributed by atoms with Crippen molar-refractivity contribution in [3.8, 4) is 0 Å². The summed E-state index contributed by atoms with van der Waals surface area (Å²) in [7, 11) is 1.59. The molecule has 0 aliphatic rings. The molecule has 2 N–H and O–H groups in total. The van der Waals surface area contributed by atoms with E-state index in [1.165, 1.54) is 11.3 Å². The molecule has 0 spiro atoms. The first kappa shape index (κ1) is 13.9. The number of anilines is 1. The lowest BCUT2D eigenvalue weighted by molar-refractivity contribution is 0.173. The largest absolute Gasteiger partial charge is 0.383 e. The Bertz CT molecular complexity index is 367. The first-order chi connectivity index (χ1) is 8.02. The molecule has 0 aliphatic heterocycles. The number of rotatable bonds is 5. The second-order valence-electron chi connectivity index (χ2n) is 4.06. The zero-order valence-corrected chi connectivity index (χ0v) is 11.3. The van der Waals surface area contributed by atoms with Gasteiger partial charge >= 0.3 is 6.03 Å². The van der Waals surface area contributed by atoms with Gasteiger partial charge in [-0.2, -0.15) is 0 Å². The molecule has 1 aromatic rings. The van der Waals surface area contributed by atoms with Crippen LogP contribution < -0.4 is 10.6 Å². The van der Waals surface area contributed by atoms with Crippen molar-refractivity contribution in [3.05, 3.63) is 5.01 Å². The number of methoxy groups -OCH3 is 1. The summed E-state index contributed by atoms with van der Waals surface area (Å²) in [6.07, 6.45) is 0. The molecule has 17 heavy (non-hydrogen) atoms.